The van der Waals surface area contributed by atoms with E-state index >= 15 is 0 Å². The molecule has 5 heteroatoms. The molecule has 1 rings (SSSR count). The van der Waals surface area contributed by atoms with Gasteiger partial charge in [0, 0.05) is 13.1 Å². The summed E-state index contributed by atoms with van der Waals surface area (Å²) in [5.41, 5.74) is 6.97. The Balaban J connectivity index is 2.55. The number of hydrogen-bond donors (Lipinski definition) is 1. The molecule has 0 atom stereocenters. The van der Waals surface area contributed by atoms with Crippen molar-refractivity contribution in [3.63, 3.8) is 0 Å². The minimum Gasteiger partial charge on any atom is -0.325 e. The maximum Gasteiger partial charge on any atom is 0.251 e. The first kappa shape index (κ1) is 12.0. The molecule has 0 unspecified atom stereocenters. The number of alkyl halides is 2. The Morgan fingerprint density at radius 3 is 2.67 bits per heavy atom. The second-order valence-corrected chi connectivity index (χ2v) is 3.41. The van der Waals surface area contributed by atoms with Crippen LogP contribution in [0.3, 0.4) is 0 Å². The molecule has 2 N–H and O–H groups in total. The van der Waals surface area contributed by atoms with Gasteiger partial charge in [-0.3, -0.25) is 9.88 Å². The summed E-state index contributed by atoms with van der Waals surface area (Å²) in [4.78, 5) is 5.76. The number of nitrogens with two attached hydrogens (primary N) is 1. The van der Waals surface area contributed by atoms with Gasteiger partial charge in [-0.15, -0.1) is 0 Å². The van der Waals surface area contributed by atoms with Crippen molar-refractivity contribution in [1.82, 2.24) is 9.88 Å². The van der Waals surface area contributed by atoms with Crippen LogP contribution in [0.1, 0.15) is 11.4 Å². The predicted octanol–water partition coefficient (Wildman–Crippen LogP) is 1.24. The Bertz CT molecular complexity index is 304. The lowest BCUT2D eigenvalue weighted by Crippen LogP contribution is -2.24. The van der Waals surface area contributed by atoms with Gasteiger partial charge in [-0.1, -0.05) is 6.07 Å². The maximum absolute atomic E-state index is 12.1. The summed E-state index contributed by atoms with van der Waals surface area (Å²) in [7, 11) is 1.64. The second kappa shape index (κ2) is 5.72. The van der Waals surface area contributed by atoms with Crippen molar-refractivity contribution in [2.24, 2.45) is 5.73 Å². The molecule has 0 aliphatic carbocycles. The zero-order valence-corrected chi connectivity index (χ0v) is 8.66. The van der Waals surface area contributed by atoms with E-state index in [4.69, 9.17) is 5.73 Å². The van der Waals surface area contributed by atoms with Crippen LogP contribution in [0.25, 0.3) is 0 Å². The van der Waals surface area contributed by atoms with Crippen LogP contribution < -0.4 is 5.73 Å². The van der Waals surface area contributed by atoms with Gasteiger partial charge in [0.05, 0.1) is 17.9 Å². The monoisotopic (exact) mass is 215 g/mol. The lowest BCUT2D eigenvalue weighted by atomic mass is 10.3. The molecule has 0 aromatic carbocycles. The summed E-state index contributed by atoms with van der Waals surface area (Å²) in [5, 5.41) is 0. The van der Waals surface area contributed by atoms with Gasteiger partial charge in [0.2, 0.25) is 0 Å². The molecule has 3 nitrogen and oxygen atoms in total. The summed E-state index contributed by atoms with van der Waals surface area (Å²) in [5.74, 6) is 0. The van der Waals surface area contributed by atoms with E-state index in [1.54, 1.807) is 13.1 Å². The highest BCUT2D eigenvalue weighted by Gasteiger charge is 2.08. The highest BCUT2D eigenvalue weighted by molar-refractivity contribution is 5.10. The van der Waals surface area contributed by atoms with Gasteiger partial charge < -0.3 is 5.73 Å². The smallest absolute Gasteiger partial charge is 0.251 e. The number of nitrogens with zero attached hydrogens (tertiary/aromatic N) is 2. The van der Waals surface area contributed by atoms with Gasteiger partial charge >= 0.3 is 0 Å². The van der Waals surface area contributed by atoms with Gasteiger partial charge in [-0.25, -0.2) is 8.78 Å². The van der Waals surface area contributed by atoms with Crippen LogP contribution >= 0.6 is 0 Å². The standard InChI is InChI=1S/C10H15F2N3/c1-15(7-10(11)12)6-9-4-2-3-8(5-13)14-9/h2-4,10H,5-7,13H2,1H3. The molecule has 0 aliphatic heterocycles. The van der Waals surface area contributed by atoms with E-state index in [0.29, 0.717) is 13.1 Å². The van der Waals surface area contributed by atoms with Gasteiger partial charge in [-0.2, -0.15) is 0 Å². The summed E-state index contributed by atoms with van der Waals surface area (Å²) < 4.78 is 24.1. The van der Waals surface area contributed by atoms with Crippen molar-refractivity contribution in [2.75, 3.05) is 13.6 Å². The van der Waals surface area contributed by atoms with E-state index in [1.807, 2.05) is 12.1 Å². The molecule has 0 radical (unpaired) electrons. The predicted molar refractivity (Wildman–Crippen MR) is 54.5 cm³/mol. The Morgan fingerprint density at radius 2 is 2.07 bits per heavy atom. The minimum absolute atomic E-state index is 0.242. The summed E-state index contributed by atoms with van der Waals surface area (Å²) in [6, 6.07) is 5.46. The minimum atomic E-state index is -2.31. The first-order valence-corrected chi connectivity index (χ1v) is 4.73. The molecular formula is C10H15F2N3. The normalized spacial score (nSPS) is 11.3. The third-order valence-electron chi connectivity index (χ3n) is 1.96. The number of hydrogen-bond acceptors (Lipinski definition) is 3. The average Bonchev–Trinajstić information content (AvgIpc) is 2.16. The molecule has 84 valence electrons. The molecule has 0 spiro atoms. The molecule has 1 aromatic rings. The highest BCUT2D eigenvalue weighted by atomic mass is 19.3. The third-order valence-corrected chi connectivity index (χ3v) is 1.96. The Hall–Kier alpha value is -1.07. The SMILES string of the molecule is CN(Cc1cccc(CN)n1)CC(F)F. The molecule has 1 heterocycles. The van der Waals surface area contributed by atoms with Crippen LogP contribution in [0, 0.1) is 0 Å². The van der Waals surface area contributed by atoms with E-state index in [1.165, 1.54) is 4.90 Å². The first-order valence-electron chi connectivity index (χ1n) is 4.73. The number of pyridine rings is 1. The van der Waals surface area contributed by atoms with Crippen molar-refractivity contribution in [3.8, 4) is 0 Å². The van der Waals surface area contributed by atoms with Gasteiger partial charge in [0.15, 0.2) is 0 Å². The van der Waals surface area contributed by atoms with E-state index in [0.717, 1.165) is 11.4 Å². The Morgan fingerprint density at radius 1 is 1.40 bits per heavy atom. The van der Waals surface area contributed by atoms with Gasteiger partial charge in [0.1, 0.15) is 0 Å². The molecule has 0 aliphatic rings. The van der Waals surface area contributed by atoms with Crippen LogP contribution in [0.2, 0.25) is 0 Å². The quantitative estimate of drug-likeness (QED) is 0.803. The van der Waals surface area contributed by atoms with Crippen LogP contribution in [0.4, 0.5) is 8.78 Å². The summed E-state index contributed by atoms with van der Waals surface area (Å²) in [6.45, 7) is 0.541. The van der Waals surface area contributed by atoms with Crippen molar-refractivity contribution in [1.29, 1.82) is 0 Å². The molecule has 1 aromatic heterocycles. The average molecular weight is 215 g/mol. The first-order chi connectivity index (χ1) is 7.11. The van der Waals surface area contributed by atoms with E-state index in [2.05, 4.69) is 4.98 Å². The van der Waals surface area contributed by atoms with Crippen LogP contribution in [-0.2, 0) is 13.1 Å². The fourth-order valence-electron chi connectivity index (χ4n) is 1.31. The summed E-state index contributed by atoms with van der Waals surface area (Å²) in [6.07, 6.45) is -2.31. The van der Waals surface area contributed by atoms with Crippen molar-refractivity contribution < 1.29 is 8.78 Å². The van der Waals surface area contributed by atoms with Crippen LogP contribution in [-0.4, -0.2) is 29.9 Å². The van der Waals surface area contributed by atoms with Gasteiger partial charge in [0.25, 0.3) is 6.43 Å². The zero-order chi connectivity index (χ0) is 11.3. The van der Waals surface area contributed by atoms with E-state index < -0.39 is 6.43 Å². The lowest BCUT2D eigenvalue weighted by molar-refractivity contribution is 0.0970. The number of rotatable bonds is 5. The molecule has 0 fully saturated rings. The fourth-order valence-corrected chi connectivity index (χ4v) is 1.31. The summed E-state index contributed by atoms with van der Waals surface area (Å²) >= 11 is 0. The van der Waals surface area contributed by atoms with Crippen molar-refractivity contribution in [2.45, 2.75) is 19.5 Å². The molecule has 0 bridgehead atoms. The third kappa shape index (κ3) is 4.31. The number of aromatic nitrogens is 1. The highest BCUT2D eigenvalue weighted by Crippen LogP contribution is 2.04. The zero-order valence-electron chi connectivity index (χ0n) is 8.66. The van der Waals surface area contributed by atoms with E-state index in [-0.39, 0.29) is 6.54 Å². The van der Waals surface area contributed by atoms with Crippen molar-refractivity contribution in [3.05, 3.63) is 29.6 Å². The number of halogens is 2. The largest absolute Gasteiger partial charge is 0.325 e. The van der Waals surface area contributed by atoms with Crippen LogP contribution in [0.15, 0.2) is 18.2 Å². The molecule has 0 amide bonds. The van der Waals surface area contributed by atoms with E-state index in [9.17, 15) is 8.78 Å². The molecule has 0 saturated carbocycles. The molecule has 0 saturated heterocycles. The maximum atomic E-state index is 12.1. The van der Waals surface area contributed by atoms with Crippen LogP contribution in [0.5, 0.6) is 0 Å². The van der Waals surface area contributed by atoms with Gasteiger partial charge in [-0.05, 0) is 19.2 Å². The fraction of sp³-hybridized carbons (Fsp3) is 0.500. The topological polar surface area (TPSA) is 42.1 Å². The lowest BCUT2D eigenvalue weighted by Gasteiger charge is -2.15. The Kier molecular flexibility index (Phi) is 4.58. The molecular weight excluding hydrogens is 200 g/mol. The second-order valence-electron chi connectivity index (χ2n) is 3.41. The Labute approximate surface area is 87.9 Å². The van der Waals surface area contributed by atoms with Crippen molar-refractivity contribution >= 4 is 0 Å². The molecule has 15 heavy (non-hydrogen) atoms.